The van der Waals surface area contributed by atoms with Crippen molar-refractivity contribution in [3.05, 3.63) is 58.8 Å². The summed E-state index contributed by atoms with van der Waals surface area (Å²) < 4.78 is 1.86. The second-order valence-corrected chi connectivity index (χ2v) is 5.87. The molecule has 6 nitrogen and oxygen atoms in total. The summed E-state index contributed by atoms with van der Waals surface area (Å²) in [7, 11) is 0. The minimum absolute atomic E-state index is 0.192. The van der Waals surface area contributed by atoms with Gasteiger partial charge >= 0.3 is 0 Å². The fourth-order valence-corrected chi connectivity index (χ4v) is 3.01. The Bertz CT molecular complexity index is 765. The molecule has 2 unspecified atom stereocenters. The highest BCUT2D eigenvalue weighted by atomic mass is 79.9. The first kappa shape index (κ1) is 14.7. The van der Waals surface area contributed by atoms with Gasteiger partial charge in [-0.25, -0.2) is 0 Å². The van der Waals surface area contributed by atoms with Crippen molar-refractivity contribution in [1.29, 1.82) is 0 Å². The molecule has 1 amide bonds. The Kier molecular flexibility index (Phi) is 3.46. The molecule has 22 heavy (non-hydrogen) atoms. The third-order valence-electron chi connectivity index (χ3n) is 3.64. The number of anilines is 1. The molecule has 0 spiro atoms. The van der Waals surface area contributed by atoms with Crippen LogP contribution in [-0.2, 0) is 15.2 Å². The standard InChI is InChI=1S/C15H11BrN2O4/c16-9-4-5-11-10(8-9)15(22,14(21)17-11)12(13(19)20)18-6-2-1-3-7-18/h1-8,12,22H,(H-,17,19,20,21). The lowest BCUT2D eigenvalue weighted by Gasteiger charge is -2.27. The van der Waals surface area contributed by atoms with Gasteiger partial charge in [0.15, 0.2) is 12.4 Å². The lowest BCUT2D eigenvalue weighted by molar-refractivity contribution is -0.728. The lowest BCUT2D eigenvalue weighted by atomic mass is 9.87. The molecule has 0 radical (unpaired) electrons. The number of hydrogen-bond donors (Lipinski definition) is 2. The number of nitrogens with zero attached hydrogens (tertiary/aromatic N) is 1. The number of fused-ring (bicyclic) bond motifs is 1. The summed E-state index contributed by atoms with van der Waals surface area (Å²) in [4.78, 5) is 24.0. The topological polar surface area (TPSA) is 93.3 Å². The largest absolute Gasteiger partial charge is 0.543 e. The van der Waals surface area contributed by atoms with Crippen molar-refractivity contribution in [2.75, 3.05) is 5.32 Å². The zero-order chi connectivity index (χ0) is 15.9. The average molecular weight is 363 g/mol. The Morgan fingerprint density at radius 3 is 2.64 bits per heavy atom. The number of carboxylic acids is 1. The summed E-state index contributed by atoms with van der Waals surface area (Å²) in [6.45, 7) is 0. The van der Waals surface area contributed by atoms with E-state index in [1.165, 1.54) is 23.0 Å². The normalized spacial score (nSPS) is 21.1. The van der Waals surface area contributed by atoms with E-state index in [0.29, 0.717) is 10.2 Å². The summed E-state index contributed by atoms with van der Waals surface area (Å²) in [5.74, 6) is -2.35. The van der Waals surface area contributed by atoms with Gasteiger partial charge in [0.2, 0.25) is 11.6 Å². The molecule has 112 valence electrons. The van der Waals surface area contributed by atoms with E-state index >= 15 is 0 Å². The molecule has 1 aliphatic heterocycles. The molecule has 0 saturated carbocycles. The Balaban J connectivity index is 2.22. The number of aromatic nitrogens is 1. The molecular weight excluding hydrogens is 352 g/mol. The highest BCUT2D eigenvalue weighted by molar-refractivity contribution is 9.10. The monoisotopic (exact) mass is 362 g/mol. The first-order valence-corrected chi connectivity index (χ1v) is 7.24. The summed E-state index contributed by atoms with van der Waals surface area (Å²) >= 11 is 3.26. The summed E-state index contributed by atoms with van der Waals surface area (Å²) in [5, 5.41) is 25.1. The number of pyridine rings is 1. The highest BCUT2D eigenvalue weighted by Crippen LogP contribution is 2.42. The Morgan fingerprint density at radius 1 is 1.32 bits per heavy atom. The van der Waals surface area contributed by atoms with Gasteiger partial charge in [0.1, 0.15) is 5.97 Å². The maximum Gasteiger partial charge on any atom is 0.268 e. The molecule has 2 atom stereocenters. The number of halogens is 1. The number of aliphatic carboxylic acids is 1. The van der Waals surface area contributed by atoms with E-state index in [0.717, 1.165) is 0 Å². The molecule has 1 aliphatic rings. The first-order valence-electron chi connectivity index (χ1n) is 6.45. The van der Waals surface area contributed by atoms with E-state index in [1.807, 2.05) is 0 Å². The van der Waals surface area contributed by atoms with Crippen molar-refractivity contribution in [1.82, 2.24) is 0 Å². The van der Waals surface area contributed by atoms with Gasteiger partial charge in [-0.15, -0.1) is 0 Å². The van der Waals surface area contributed by atoms with Gasteiger partial charge in [0.25, 0.3) is 5.91 Å². The quantitative estimate of drug-likeness (QED) is 0.743. The molecule has 0 bridgehead atoms. The van der Waals surface area contributed by atoms with Crippen LogP contribution in [0.25, 0.3) is 0 Å². The highest BCUT2D eigenvalue weighted by Gasteiger charge is 2.57. The minimum atomic E-state index is -2.26. The van der Waals surface area contributed by atoms with E-state index in [-0.39, 0.29) is 5.56 Å². The molecule has 2 aromatic rings. The lowest BCUT2D eigenvalue weighted by Crippen LogP contribution is -2.61. The number of carbonyl (C=O) groups is 2. The van der Waals surface area contributed by atoms with Crippen LogP contribution in [-0.4, -0.2) is 17.0 Å². The van der Waals surface area contributed by atoms with Crippen molar-refractivity contribution < 1.29 is 24.4 Å². The van der Waals surface area contributed by atoms with E-state index in [4.69, 9.17) is 0 Å². The fraction of sp³-hybridized carbons (Fsp3) is 0.133. The van der Waals surface area contributed by atoms with Gasteiger partial charge in [0.05, 0.1) is 0 Å². The van der Waals surface area contributed by atoms with E-state index in [9.17, 15) is 19.8 Å². The number of carbonyl (C=O) groups excluding carboxylic acids is 2. The van der Waals surface area contributed by atoms with Gasteiger partial charge in [-0.3, -0.25) is 4.79 Å². The molecule has 2 heterocycles. The van der Waals surface area contributed by atoms with Gasteiger partial charge < -0.3 is 20.3 Å². The summed E-state index contributed by atoms with van der Waals surface area (Å²) in [6.07, 6.45) is 2.92. The zero-order valence-corrected chi connectivity index (χ0v) is 12.8. The number of carboxylic acid groups (broad SMARTS) is 1. The van der Waals surface area contributed by atoms with Crippen molar-refractivity contribution in [3.63, 3.8) is 0 Å². The Labute approximate surface area is 134 Å². The van der Waals surface area contributed by atoms with Crippen LogP contribution in [0.15, 0.2) is 53.3 Å². The van der Waals surface area contributed by atoms with Gasteiger partial charge in [-0.1, -0.05) is 22.0 Å². The fourth-order valence-electron chi connectivity index (χ4n) is 2.64. The van der Waals surface area contributed by atoms with Crippen LogP contribution in [0.3, 0.4) is 0 Å². The van der Waals surface area contributed by atoms with Crippen molar-refractivity contribution in [3.8, 4) is 0 Å². The second kappa shape index (κ2) is 5.19. The van der Waals surface area contributed by atoms with Crippen molar-refractivity contribution in [2.24, 2.45) is 0 Å². The van der Waals surface area contributed by atoms with Crippen molar-refractivity contribution >= 4 is 33.5 Å². The molecule has 7 heteroatoms. The third-order valence-corrected chi connectivity index (χ3v) is 4.14. The minimum Gasteiger partial charge on any atom is -0.543 e. The Hall–Kier alpha value is -2.25. The van der Waals surface area contributed by atoms with Gasteiger partial charge in [-0.2, -0.15) is 4.57 Å². The third kappa shape index (κ3) is 2.10. The number of rotatable bonds is 3. The van der Waals surface area contributed by atoms with Crippen LogP contribution in [0.4, 0.5) is 5.69 Å². The van der Waals surface area contributed by atoms with Crippen molar-refractivity contribution in [2.45, 2.75) is 11.6 Å². The van der Waals surface area contributed by atoms with E-state index in [2.05, 4.69) is 21.2 Å². The van der Waals surface area contributed by atoms with Crippen LogP contribution in [0.2, 0.25) is 0 Å². The SMILES string of the molecule is O=C([O-])C([n+]1ccccc1)C1(O)C(=O)Nc2ccc(Br)cc21. The molecule has 2 N–H and O–H groups in total. The number of amides is 1. The summed E-state index contributed by atoms with van der Waals surface area (Å²) in [6, 6.07) is 8.12. The predicted octanol–water partition coefficient (Wildman–Crippen LogP) is -0.133. The van der Waals surface area contributed by atoms with Crippen LogP contribution >= 0.6 is 15.9 Å². The smallest absolute Gasteiger partial charge is 0.268 e. The van der Waals surface area contributed by atoms with Gasteiger partial charge in [0, 0.05) is 27.9 Å². The first-order chi connectivity index (χ1) is 10.4. The van der Waals surface area contributed by atoms with E-state index < -0.39 is 23.5 Å². The number of aliphatic hydroxyl groups is 1. The molecule has 0 fully saturated rings. The molecule has 3 rings (SSSR count). The zero-order valence-electron chi connectivity index (χ0n) is 11.2. The number of nitrogens with one attached hydrogen (secondary N) is 1. The Morgan fingerprint density at radius 2 is 2.00 bits per heavy atom. The van der Waals surface area contributed by atoms with E-state index in [1.54, 1.807) is 30.3 Å². The number of benzene rings is 1. The predicted molar refractivity (Wildman–Crippen MR) is 77.3 cm³/mol. The average Bonchev–Trinajstić information content (AvgIpc) is 2.72. The molecule has 1 aromatic carbocycles. The van der Waals surface area contributed by atoms with Crippen LogP contribution in [0.1, 0.15) is 11.6 Å². The summed E-state index contributed by atoms with van der Waals surface area (Å²) in [5.41, 5.74) is -1.69. The number of hydrogen-bond acceptors (Lipinski definition) is 4. The van der Waals surface area contributed by atoms with Crippen LogP contribution in [0.5, 0.6) is 0 Å². The maximum absolute atomic E-state index is 12.3. The molecule has 1 aromatic heterocycles. The molecular formula is C15H11BrN2O4. The van der Waals surface area contributed by atoms with Crippen LogP contribution < -0.4 is 15.0 Å². The van der Waals surface area contributed by atoms with Gasteiger partial charge in [-0.05, 0) is 18.2 Å². The molecule has 0 aliphatic carbocycles. The maximum atomic E-state index is 12.3. The second-order valence-electron chi connectivity index (χ2n) is 4.95. The molecule has 0 saturated heterocycles. The van der Waals surface area contributed by atoms with Crippen LogP contribution in [0, 0.1) is 0 Å².